The van der Waals surface area contributed by atoms with E-state index in [0.29, 0.717) is 17.9 Å². The normalized spacial score (nSPS) is 10.6. The number of rotatable bonds is 5. The summed E-state index contributed by atoms with van der Waals surface area (Å²) in [6.45, 7) is 2.28. The zero-order valence-electron chi connectivity index (χ0n) is 16.4. The Balaban J connectivity index is 1.89. The van der Waals surface area contributed by atoms with Gasteiger partial charge in [-0.3, -0.25) is 19.6 Å². The van der Waals surface area contributed by atoms with Gasteiger partial charge in [-0.05, 0) is 43.3 Å². The molecule has 3 aromatic heterocycles. The molecule has 0 aliphatic rings. The van der Waals surface area contributed by atoms with Gasteiger partial charge in [0.1, 0.15) is 5.56 Å². The maximum absolute atomic E-state index is 13.2. The minimum atomic E-state index is -0.451. The predicted octanol–water partition coefficient (Wildman–Crippen LogP) is 3.91. The van der Waals surface area contributed by atoms with E-state index in [1.165, 1.54) is 6.07 Å². The van der Waals surface area contributed by atoms with E-state index in [2.05, 4.69) is 15.3 Å². The van der Waals surface area contributed by atoms with E-state index >= 15 is 0 Å². The van der Waals surface area contributed by atoms with Crippen molar-refractivity contribution in [3.8, 4) is 11.3 Å². The first-order chi connectivity index (χ1) is 14.6. The Morgan fingerprint density at radius 2 is 1.70 bits per heavy atom. The highest BCUT2D eigenvalue weighted by molar-refractivity contribution is 6.08. The Morgan fingerprint density at radius 3 is 2.40 bits per heavy atom. The molecule has 0 bridgehead atoms. The molecule has 1 amide bonds. The summed E-state index contributed by atoms with van der Waals surface area (Å²) >= 11 is 0. The first-order valence-electron chi connectivity index (χ1n) is 9.54. The molecule has 1 aromatic carbocycles. The van der Waals surface area contributed by atoms with Crippen molar-refractivity contribution in [3.63, 3.8) is 0 Å². The molecule has 0 aliphatic heterocycles. The minimum Gasteiger partial charge on any atom is -0.338 e. The molecule has 4 aromatic rings. The van der Waals surface area contributed by atoms with E-state index < -0.39 is 5.91 Å². The van der Waals surface area contributed by atoms with Crippen molar-refractivity contribution in [2.75, 3.05) is 5.32 Å². The number of carbonyl (C=O) groups excluding carboxylic acids is 1. The number of amides is 1. The van der Waals surface area contributed by atoms with Gasteiger partial charge in [-0.2, -0.15) is 0 Å². The monoisotopic (exact) mass is 396 g/mol. The Bertz CT molecular complexity index is 1220. The highest BCUT2D eigenvalue weighted by atomic mass is 16.2. The van der Waals surface area contributed by atoms with E-state index in [9.17, 15) is 9.59 Å². The predicted molar refractivity (Wildman–Crippen MR) is 116 cm³/mol. The fraction of sp³-hybridized carbons (Fsp3) is 0.0833. The number of nitrogens with zero attached hydrogens (tertiary/aromatic N) is 3. The second-order valence-electron chi connectivity index (χ2n) is 6.84. The number of para-hydroxylation sites is 1. The highest BCUT2D eigenvalue weighted by Gasteiger charge is 2.22. The number of pyridine rings is 3. The molecule has 0 saturated heterocycles. The van der Waals surface area contributed by atoms with Crippen molar-refractivity contribution in [2.24, 2.45) is 0 Å². The molecule has 6 heteroatoms. The first kappa shape index (κ1) is 19.3. The van der Waals surface area contributed by atoms with E-state index in [0.717, 1.165) is 17.0 Å². The second kappa shape index (κ2) is 8.53. The van der Waals surface area contributed by atoms with Crippen molar-refractivity contribution in [1.82, 2.24) is 14.5 Å². The molecule has 3 heterocycles. The van der Waals surface area contributed by atoms with Gasteiger partial charge in [0, 0.05) is 41.6 Å². The summed E-state index contributed by atoms with van der Waals surface area (Å²) in [6.07, 6.45) is 5.01. The van der Waals surface area contributed by atoms with Crippen molar-refractivity contribution in [2.45, 2.75) is 13.5 Å². The smallest absolute Gasteiger partial charge is 0.261 e. The van der Waals surface area contributed by atoms with Gasteiger partial charge in [0.05, 0.1) is 17.9 Å². The molecule has 0 saturated carbocycles. The van der Waals surface area contributed by atoms with E-state index in [4.69, 9.17) is 0 Å². The number of hydrogen-bond donors (Lipinski definition) is 1. The summed E-state index contributed by atoms with van der Waals surface area (Å²) in [7, 11) is 0. The minimum absolute atomic E-state index is 0.0894. The molecule has 0 radical (unpaired) electrons. The van der Waals surface area contributed by atoms with Crippen LogP contribution in [-0.4, -0.2) is 20.4 Å². The van der Waals surface area contributed by atoms with Crippen molar-refractivity contribution in [1.29, 1.82) is 0 Å². The Hall–Kier alpha value is -4.06. The molecule has 0 spiro atoms. The second-order valence-corrected chi connectivity index (χ2v) is 6.84. The van der Waals surface area contributed by atoms with Gasteiger partial charge < -0.3 is 9.88 Å². The Morgan fingerprint density at radius 1 is 0.967 bits per heavy atom. The first-order valence-corrected chi connectivity index (χ1v) is 9.54. The summed E-state index contributed by atoms with van der Waals surface area (Å²) in [5.41, 5.74) is 3.24. The van der Waals surface area contributed by atoms with Gasteiger partial charge >= 0.3 is 0 Å². The number of hydrogen-bond acceptors (Lipinski definition) is 4. The van der Waals surface area contributed by atoms with Gasteiger partial charge in [-0.15, -0.1) is 0 Å². The highest BCUT2D eigenvalue weighted by Crippen LogP contribution is 2.25. The zero-order valence-corrected chi connectivity index (χ0v) is 16.4. The molecule has 30 heavy (non-hydrogen) atoms. The average molecular weight is 396 g/mol. The van der Waals surface area contributed by atoms with Gasteiger partial charge in [-0.25, -0.2) is 0 Å². The third kappa shape index (κ3) is 4.03. The third-order valence-corrected chi connectivity index (χ3v) is 4.78. The lowest BCUT2D eigenvalue weighted by atomic mass is 10.0. The van der Waals surface area contributed by atoms with E-state index in [-0.39, 0.29) is 11.0 Å². The number of carbonyl (C=O) groups is 1. The van der Waals surface area contributed by atoms with Crippen LogP contribution in [0.15, 0.2) is 90.1 Å². The van der Waals surface area contributed by atoms with Crippen LogP contribution in [-0.2, 0) is 6.54 Å². The molecule has 0 aliphatic carbocycles. The fourth-order valence-corrected chi connectivity index (χ4v) is 3.37. The van der Waals surface area contributed by atoms with Gasteiger partial charge in [0.25, 0.3) is 5.91 Å². The maximum Gasteiger partial charge on any atom is 0.261 e. The van der Waals surface area contributed by atoms with Gasteiger partial charge in [-0.1, -0.05) is 24.3 Å². The number of aromatic nitrogens is 3. The largest absolute Gasteiger partial charge is 0.338 e. The summed E-state index contributed by atoms with van der Waals surface area (Å²) < 4.78 is 1.94. The average Bonchev–Trinajstić information content (AvgIpc) is 2.77. The lowest BCUT2D eigenvalue weighted by molar-refractivity contribution is 0.102. The molecular weight excluding hydrogens is 376 g/mol. The Kier molecular flexibility index (Phi) is 5.48. The maximum atomic E-state index is 13.2. The lowest BCUT2D eigenvalue weighted by Gasteiger charge is -2.20. The molecular formula is C24H20N4O2. The quantitative estimate of drug-likeness (QED) is 0.555. The Labute approximate surface area is 173 Å². The summed E-state index contributed by atoms with van der Waals surface area (Å²) in [4.78, 5) is 34.6. The molecule has 6 nitrogen and oxygen atoms in total. The molecule has 0 atom stereocenters. The SMILES string of the molecule is Cc1cc(=O)c(C(=O)Nc2ccccc2)c(-c2ccncc2)n1Cc1ccccn1. The van der Waals surface area contributed by atoms with E-state index in [1.54, 1.807) is 42.9 Å². The van der Waals surface area contributed by atoms with E-state index in [1.807, 2.05) is 47.9 Å². The number of anilines is 1. The van der Waals surface area contributed by atoms with Crippen LogP contribution < -0.4 is 10.7 Å². The molecule has 0 unspecified atom stereocenters. The molecule has 4 rings (SSSR count). The molecule has 148 valence electrons. The molecule has 1 N–H and O–H groups in total. The van der Waals surface area contributed by atoms with Crippen LogP contribution in [0.2, 0.25) is 0 Å². The van der Waals surface area contributed by atoms with Gasteiger partial charge in [0.2, 0.25) is 0 Å². The van der Waals surface area contributed by atoms with Crippen LogP contribution in [0.1, 0.15) is 21.7 Å². The molecule has 0 fully saturated rings. The van der Waals surface area contributed by atoms with Crippen LogP contribution in [0.4, 0.5) is 5.69 Å². The topological polar surface area (TPSA) is 76.9 Å². The third-order valence-electron chi connectivity index (χ3n) is 4.78. The van der Waals surface area contributed by atoms with Crippen LogP contribution in [0, 0.1) is 6.92 Å². The summed E-state index contributed by atoms with van der Waals surface area (Å²) in [5.74, 6) is -0.451. The van der Waals surface area contributed by atoms with Crippen molar-refractivity contribution in [3.05, 3.63) is 112 Å². The van der Waals surface area contributed by atoms with Crippen LogP contribution in [0.25, 0.3) is 11.3 Å². The lowest BCUT2D eigenvalue weighted by Crippen LogP contribution is -2.27. The number of benzene rings is 1. The zero-order chi connectivity index (χ0) is 20.9. The van der Waals surface area contributed by atoms with Crippen LogP contribution in [0.3, 0.4) is 0 Å². The standard InChI is InChI=1S/C24H20N4O2/c1-17-15-21(29)22(24(30)27-19-7-3-2-4-8-19)23(18-10-13-25-14-11-18)28(17)16-20-9-5-6-12-26-20/h2-15H,16H2,1H3,(H,27,30). The summed E-state index contributed by atoms with van der Waals surface area (Å²) in [5, 5.41) is 2.84. The van der Waals surface area contributed by atoms with Crippen molar-refractivity contribution < 1.29 is 4.79 Å². The van der Waals surface area contributed by atoms with Crippen molar-refractivity contribution >= 4 is 11.6 Å². The van der Waals surface area contributed by atoms with Crippen LogP contribution in [0.5, 0.6) is 0 Å². The number of aryl methyl sites for hydroxylation is 1. The van der Waals surface area contributed by atoms with Gasteiger partial charge in [0.15, 0.2) is 5.43 Å². The fourth-order valence-electron chi connectivity index (χ4n) is 3.37. The summed E-state index contributed by atoms with van der Waals surface area (Å²) in [6, 6.07) is 19.8. The van der Waals surface area contributed by atoms with Crippen LogP contribution >= 0.6 is 0 Å². The number of nitrogens with one attached hydrogen (secondary N) is 1.